The molecule has 1 fully saturated rings. The average molecular weight is 285 g/mol. The van der Waals surface area contributed by atoms with E-state index in [9.17, 15) is 4.79 Å². The maximum absolute atomic E-state index is 12.0. The quantitative estimate of drug-likeness (QED) is 0.791. The monoisotopic (exact) mass is 285 g/mol. The zero-order valence-electron chi connectivity index (χ0n) is 11.5. The van der Waals surface area contributed by atoms with Crippen LogP contribution in [-0.4, -0.2) is 36.6 Å². The van der Waals surface area contributed by atoms with Crippen LogP contribution >= 0.6 is 0 Å². The second-order valence-electron chi connectivity index (χ2n) is 5.23. The number of nitrogens with zero attached hydrogens (tertiary/aromatic N) is 2. The number of guanidine groups is 1. The summed E-state index contributed by atoms with van der Waals surface area (Å²) in [6.07, 6.45) is 4.06. The van der Waals surface area contributed by atoms with Crippen LogP contribution in [0.4, 0.5) is 0 Å². The van der Waals surface area contributed by atoms with Gasteiger partial charge >= 0.3 is 0 Å². The van der Waals surface area contributed by atoms with Crippen molar-refractivity contribution in [1.29, 1.82) is 0 Å². The van der Waals surface area contributed by atoms with Crippen LogP contribution in [0, 0.1) is 0 Å². The molecule has 0 saturated carbocycles. The second kappa shape index (κ2) is 4.80. The zero-order chi connectivity index (χ0) is 14.2. The van der Waals surface area contributed by atoms with Gasteiger partial charge in [-0.2, -0.15) is 0 Å². The van der Waals surface area contributed by atoms with E-state index in [1.54, 1.807) is 6.08 Å². The molecule has 6 heteroatoms. The minimum atomic E-state index is -0.158. The topological polar surface area (TPSA) is 63.2 Å². The maximum atomic E-state index is 12.0. The summed E-state index contributed by atoms with van der Waals surface area (Å²) >= 11 is 0. The number of carbonyl (C=O) groups is 1. The summed E-state index contributed by atoms with van der Waals surface area (Å²) in [5, 5.41) is 2.83. The van der Waals surface area contributed by atoms with Gasteiger partial charge in [0.05, 0.1) is 0 Å². The van der Waals surface area contributed by atoms with E-state index in [0.29, 0.717) is 17.4 Å². The molecule has 108 valence electrons. The van der Waals surface area contributed by atoms with Crippen molar-refractivity contribution in [2.75, 3.05) is 19.9 Å². The van der Waals surface area contributed by atoms with Crippen molar-refractivity contribution in [2.45, 2.75) is 12.8 Å². The largest absolute Gasteiger partial charge is 0.454 e. The first-order valence-corrected chi connectivity index (χ1v) is 7.06. The summed E-state index contributed by atoms with van der Waals surface area (Å²) in [5.74, 6) is 1.94. The average Bonchev–Trinajstić information content (AvgIpc) is 3.20. The number of aliphatic imine (C=N–C) groups is 1. The van der Waals surface area contributed by atoms with Crippen LogP contribution in [0.25, 0.3) is 6.08 Å². The molecule has 0 atom stereocenters. The van der Waals surface area contributed by atoms with E-state index in [-0.39, 0.29) is 12.7 Å². The number of hydrogen-bond acceptors (Lipinski definition) is 5. The van der Waals surface area contributed by atoms with Crippen molar-refractivity contribution in [3.63, 3.8) is 0 Å². The lowest BCUT2D eigenvalue weighted by Crippen LogP contribution is -2.38. The Kier molecular flexibility index (Phi) is 2.80. The summed E-state index contributed by atoms with van der Waals surface area (Å²) in [7, 11) is 0. The normalized spacial score (nSPS) is 21.9. The number of carbonyl (C=O) groups excluding carboxylic acids is 1. The van der Waals surface area contributed by atoms with Gasteiger partial charge in [-0.3, -0.25) is 10.1 Å². The summed E-state index contributed by atoms with van der Waals surface area (Å²) in [6.45, 7) is 2.15. The highest BCUT2D eigenvalue weighted by molar-refractivity contribution is 6.13. The highest BCUT2D eigenvalue weighted by Gasteiger charge is 2.26. The number of nitrogens with one attached hydrogen (secondary N) is 1. The van der Waals surface area contributed by atoms with Crippen molar-refractivity contribution < 1.29 is 14.3 Å². The van der Waals surface area contributed by atoms with Crippen LogP contribution in [-0.2, 0) is 4.79 Å². The van der Waals surface area contributed by atoms with Gasteiger partial charge in [0.2, 0.25) is 12.8 Å². The van der Waals surface area contributed by atoms with Gasteiger partial charge in [0.1, 0.15) is 5.70 Å². The standard InChI is InChI=1S/C15H15N3O3/c19-14-11(16-15(17-14)18-5-1-2-6-18)7-10-3-4-12-13(8-10)21-9-20-12/h3-4,7-8H,1-2,5-6,9H2,(H,16,17,19)/b11-7-. The zero-order valence-corrected chi connectivity index (χ0v) is 11.5. The van der Waals surface area contributed by atoms with Gasteiger partial charge in [-0.05, 0) is 36.6 Å². The van der Waals surface area contributed by atoms with Gasteiger partial charge in [0.25, 0.3) is 5.91 Å². The number of fused-ring (bicyclic) bond motifs is 1. The fourth-order valence-corrected chi connectivity index (χ4v) is 2.70. The predicted octanol–water partition coefficient (Wildman–Crippen LogP) is 1.34. The first-order chi connectivity index (χ1) is 10.3. The van der Waals surface area contributed by atoms with Crippen LogP contribution < -0.4 is 14.8 Å². The molecule has 1 N–H and O–H groups in total. The number of amides is 1. The Morgan fingerprint density at radius 1 is 1.19 bits per heavy atom. The molecule has 6 nitrogen and oxygen atoms in total. The molecule has 0 unspecified atom stereocenters. The Labute approximate surface area is 122 Å². The van der Waals surface area contributed by atoms with Crippen LogP contribution in [0.15, 0.2) is 28.9 Å². The lowest BCUT2D eigenvalue weighted by atomic mass is 10.1. The Morgan fingerprint density at radius 3 is 2.86 bits per heavy atom. The van der Waals surface area contributed by atoms with Gasteiger partial charge in [0, 0.05) is 13.1 Å². The van der Waals surface area contributed by atoms with E-state index in [2.05, 4.69) is 15.2 Å². The molecule has 1 amide bonds. The van der Waals surface area contributed by atoms with Crippen molar-refractivity contribution >= 4 is 17.9 Å². The summed E-state index contributed by atoms with van der Waals surface area (Å²) < 4.78 is 10.6. The second-order valence-corrected chi connectivity index (χ2v) is 5.23. The molecule has 3 aliphatic rings. The van der Waals surface area contributed by atoms with Gasteiger partial charge in [-0.1, -0.05) is 6.07 Å². The minimum Gasteiger partial charge on any atom is -0.454 e. The molecule has 1 saturated heterocycles. The lowest BCUT2D eigenvalue weighted by molar-refractivity contribution is -0.115. The SMILES string of the molecule is O=C1NC(N2CCCC2)=N/C1=C\c1ccc2c(c1)OCO2. The Morgan fingerprint density at radius 2 is 2.00 bits per heavy atom. The molecule has 1 aromatic rings. The number of rotatable bonds is 1. The van der Waals surface area contributed by atoms with E-state index in [0.717, 1.165) is 37.2 Å². The third kappa shape index (κ3) is 2.22. The number of benzene rings is 1. The van der Waals surface area contributed by atoms with Crippen molar-refractivity contribution in [3.05, 3.63) is 29.5 Å². The molecule has 3 aliphatic heterocycles. The smallest absolute Gasteiger partial charge is 0.276 e. The molecule has 0 spiro atoms. The predicted molar refractivity (Wildman–Crippen MR) is 76.9 cm³/mol. The third-order valence-electron chi connectivity index (χ3n) is 3.79. The van der Waals surface area contributed by atoms with Crippen molar-refractivity contribution in [2.24, 2.45) is 4.99 Å². The number of ether oxygens (including phenoxy) is 2. The molecular formula is C15H15N3O3. The van der Waals surface area contributed by atoms with Gasteiger partial charge in [-0.15, -0.1) is 0 Å². The highest BCUT2D eigenvalue weighted by atomic mass is 16.7. The molecule has 21 heavy (non-hydrogen) atoms. The Balaban J connectivity index is 1.61. The van der Waals surface area contributed by atoms with Crippen LogP contribution in [0.3, 0.4) is 0 Å². The van der Waals surface area contributed by atoms with E-state index in [1.807, 2.05) is 18.2 Å². The van der Waals surface area contributed by atoms with Crippen LogP contribution in [0.5, 0.6) is 11.5 Å². The highest BCUT2D eigenvalue weighted by Crippen LogP contribution is 2.33. The third-order valence-corrected chi connectivity index (χ3v) is 3.79. The molecule has 0 bridgehead atoms. The van der Waals surface area contributed by atoms with Gasteiger partial charge in [-0.25, -0.2) is 4.99 Å². The van der Waals surface area contributed by atoms with Crippen molar-refractivity contribution in [3.8, 4) is 11.5 Å². The first-order valence-electron chi connectivity index (χ1n) is 7.06. The van der Waals surface area contributed by atoms with E-state index in [4.69, 9.17) is 9.47 Å². The lowest BCUT2D eigenvalue weighted by Gasteiger charge is -2.15. The van der Waals surface area contributed by atoms with Crippen molar-refractivity contribution in [1.82, 2.24) is 10.2 Å². The van der Waals surface area contributed by atoms with Gasteiger partial charge in [0.15, 0.2) is 11.5 Å². The first kappa shape index (κ1) is 12.3. The summed E-state index contributed by atoms with van der Waals surface area (Å²) in [5.41, 5.74) is 1.30. The summed E-state index contributed by atoms with van der Waals surface area (Å²) in [6, 6.07) is 5.58. The fourth-order valence-electron chi connectivity index (χ4n) is 2.70. The maximum Gasteiger partial charge on any atom is 0.276 e. The number of hydrogen-bond donors (Lipinski definition) is 1. The Hall–Kier alpha value is -2.50. The van der Waals surface area contributed by atoms with Crippen LogP contribution in [0.1, 0.15) is 18.4 Å². The van der Waals surface area contributed by atoms with E-state index < -0.39 is 0 Å². The Bertz CT molecular complexity index is 660. The van der Waals surface area contributed by atoms with Gasteiger partial charge < -0.3 is 14.4 Å². The van der Waals surface area contributed by atoms with E-state index >= 15 is 0 Å². The molecule has 1 aromatic carbocycles. The minimum absolute atomic E-state index is 0.158. The molecular weight excluding hydrogens is 270 g/mol. The molecule has 4 rings (SSSR count). The number of likely N-dealkylation sites (tertiary alicyclic amines) is 1. The molecule has 0 aliphatic carbocycles. The van der Waals surface area contributed by atoms with Crippen LogP contribution in [0.2, 0.25) is 0 Å². The molecule has 0 aromatic heterocycles. The summed E-state index contributed by atoms with van der Waals surface area (Å²) in [4.78, 5) is 18.5. The molecule has 0 radical (unpaired) electrons. The van der Waals surface area contributed by atoms with E-state index in [1.165, 1.54) is 0 Å². The molecule has 3 heterocycles. The fraction of sp³-hybridized carbons (Fsp3) is 0.333.